The number of fused-ring (bicyclic) bond motifs is 1. The third-order valence-corrected chi connectivity index (χ3v) is 4.49. The van der Waals surface area contributed by atoms with Crippen molar-refractivity contribution in [1.29, 1.82) is 0 Å². The van der Waals surface area contributed by atoms with Gasteiger partial charge in [0.15, 0.2) is 0 Å². The zero-order valence-corrected chi connectivity index (χ0v) is 14.4. The van der Waals surface area contributed by atoms with Crippen LogP contribution in [-0.4, -0.2) is 54.5 Å². The van der Waals surface area contributed by atoms with E-state index >= 15 is 0 Å². The van der Waals surface area contributed by atoms with Gasteiger partial charge in [-0.1, -0.05) is 35.9 Å². The molecule has 0 unspecified atom stereocenters. The molecule has 1 aliphatic rings. The predicted molar refractivity (Wildman–Crippen MR) is 96.1 cm³/mol. The van der Waals surface area contributed by atoms with Gasteiger partial charge in [0.1, 0.15) is 6.61 Å². The maximum Gasteiger partial charge on any atom is 0.410 e. The van der Waals surface area contributed by atoms with Gasteiger partial charge in [0.2, 0.25) is 5.91 Å². The molecule has 0 atom stereocenters. The van der Waals surface area contributed by atoms with Gasteiger partial charge in [-0.05, 0) is 29.3 Å². The monoisotopic (exact) mass is 341 g/mol. The Hall–Kier alpha value is -2.60. The molecule has 2 amide bonds. The second kappa shape index (κ2) is 7.53. The van der Waals surface area contributed by atoms with Crippen LogP contribution >= 0.6 is 0 Å². The summed E-state index contributed by atoms with van der Waals surface area (Å²) in [6.07, 6.45) is -0.344. The number of benzene rings is 2. The first-order valence-electron chi connectivity index (χ1n) is 8.45. The standard InChI is InChI=1S/C19H23N3O3/c1-14-2-4-17-11-15(3-5-16(17)10-14)13-25-19(24)22-8-6-21(7-9-22)18(23)12-20/h2-5,10-11H,6-9,12-13,20H2,1H3. The summed E-state index contributed by atoms with van der Waals surface area (Å²) < 4.78 is 5.42. The number of carbonyl (C=O) groups excluding carboxylic acids is 2. The number of aryl methyl sites for hydroxylation is 1. The average molecular weight is 341 g/mol. The van der Waals surface area contributed by atoms with Crippen molar-refractivity contribution in [1.82, 2.24) is 9.80 Å². The van der Waals surface area contributed by atoms with Gasteiger partial charge in [0.25, 0.3) is 0 Å². The Morgan fingerprint density at radius 2 is 1.64 bits per heavy atom. The fourth-order valence-electron chi connectivity index (χ4n) is 3.01. The van der Waals surface area contributed by atoms with E-state index in [2.05, 4.69) is 25.1 Å². The van der Waals surface area contributed by atoms with Gasteiger partial charge < -0.3 is 20.3 Å². The Balaban J connectivity index is 1.54. The first kappa shape index (κ1) is 17.2. The molecule has 6 heteroatoms. The minimum atomic E-state index is -0.344. The molecule has 0 radical (unpaired) electrons. The van der Waals surface area contributed by atoms with Crippen LogP contribution < -0.4 is 5.73 Å². The normalized spacial score (nSPS) is 14.6. The van der Waals surface area contributed by atoms with Crippen molar-refractivity contribution in [3.8, 4) is 0 Å². The minimum absolute atomic E-state index is 0.00589. The molecule has 0 bridgehead atoms. The van der Waals surface area contributed by atoms with E-state index in [1.54, 1.807) is 9.80 Å². The van der Waals surface area contributed by atoms with Crippen molar-refractivity contribution in [2.75, 3.05) is 32.7 Å². The summed E-state index contributed by atoms with van der Waals surface area (Å²) >= 11 is 0. The quantitative estimate of drug-likeness (QED) is 0.925. The molecule has 1 aliphatic heterocycles. The lowest BCUT2D eigenvalue weighted by atomic mass is 10.1. The van der Waals surface area contributed by atoms with Gasteiger partial charge in [-0.2, -0.15) is 0 Å². The van der Waals surface area contributed by atoms with E-state index < -0.39 is 0 Å². The second-order valence-corrected chi connectivity index (χ2v) is 6.31. The van der Waals surface area contributed by atoms with Gasteiger partial charge in [0, 0.05) is 26.2 Å². The highest BCUT2D eigenvalue weighted by Gasteiger charge is 2.24. The molecule has 132 valence electrons. The Morgan fingerprint density at radius 3 is 2.36 bits per heavy atom. The van der Waals surface area contributed by atoms with Crippen molar-refractivity contribution < 1.29 is 14.3 Å². The van der Waals surface area contributed by atoms with Gasteiger partial charge in [-0.25, -0.2) is 4.79 Å². The number of ether oxygens (including phenoxy) is 1. The zero-order chi connectivity index (χ0) is 17.8. The maximum absolute atomic E-state index is 12.2. The van der Waals surface area contributed by atoms with Crippen LogP contribution in [-0.2, 0) is 16.1 Å². The highest BCUT2D eigenvalue weighted by Crippen LogP contribution is 2.18. The molecule has 2 N–H and O–H groups in total. The lowest BCUT2D eigenvalue weighted by Gasteiger charge is -2.33. The number of amides is 2. The molecule has 2 aromatic carbocycles. The third-order valence-electron chi connectivity index (χ3n) is 4.49. The first-order valence-corrected chi connectivity index (χ1v) is 8.45. The van der Waals surface area contributed by atoms with Crippen LogP contribution in [0.15, 0.2) is 36.4 Å². The fraction of sp³-hybridized carbons (Fsp3) is 0.368. The van der Waals surface area contributed by atoms with Crippen molar-refractivity contribution in [2.24, 2.45) is 5.73 Å². The van der Waals surface area contributed by atoms with E-state index in [9.17, 15) is 9.59 Å². The summed E-state index contributed by atoms with van der Waals surface area (Å²) in [6, 6.07) is 12.3. The van der Waals surface area contributed by atoms with Crippen LogP contribution in [0.5, 0.6) is 0 Å². The summed E-state index contributed by atoms with van der Waals surface area (Å²) in [5, 5.41) is 2.31. The van der Waals surface area contributed by atoms with Crippen molar-refractivity contribution in [3.63, 3.8) is 0 Å². The Labute approximate surface area is 147 Å². The highest BCUT2D eigenvalue weighted by molar-refractivity contribution is 5.83. The number of nitrogens with zero attached hydrogens (tertiary/aromatic N) is 2. The molecule has 3 rings (SSSR count). The largest absolute Gasteiger partial charge is 0.445 e. The molecule has 1 saturated heterocycles. The SMILES string of the molecule is Cc1ccc2cc(COC(=O)N3CCN(C(=O)CN)CC3)ccc2c1. The maximum atomic E-state index is 12.2. The molecular weight excluding hydrogens is 318 g/mol. The summed E-state index contributed by atoms with van der Waals surface area (Å²) in [7, 11) is 0. The van der Waals surface area contributed by atoms with E-state index in [0.29, 0.717) is 26.2 Å². The number of hydrogen-bond donors (Lipinski definition) is 1. The van der Waals surface area contributed by atoms with E-state index in [0.717, 1.165) is 10.9 Å². The van der Waals surface area contributed by atoms with Crippen LogP contribution in [0.1, 0.15) is 11.1 Å². The minimum Gasteiger partial charge on any atom is -0.445 e. The van der Waals surface area contributed by atoms with Crippen LogP contribution in [0.25, 0.3) is 10.8 Å². The van der Waals surface area contributed by atoms with E-state index in [-0.39, 0.29) is 25.2 Å². The predicted octanol–water partition coefficient (Wildman–Crippen LogP) is 1.89. The van der Waals surface area contributed by atoms with Crippen LogP contribution in [0.3, 0.4) is 0 Å². The number of nitrogens with two attached hydrogens (primary N) is 1. The topological polar surface area (TPSA) is 75.9 Å². The fourth-order valence-corrected chi connectivity index (χ4v) is 3.01. The summed E-state index contributed by atoms with van der Waals surface area (Å²) in [5.41, 5.74) is 7.54. The van der Waals surface area contributed by atoms with E-state index in [1.165, 1.54) is 10.9 Å². The van der Waals surface area contributed by atoms with Crippen molar-refractivity contribution >= 4 is 22.8 Å². The van der Waals surface area contributed by atoms with Gasteiger partial charge in [0.05, 0.1) is 6.54 Å². The highest BCUT2D eigenvalue weighted by atomic mass is 16.6. The molecular formula is C19H23N3O3. The molecule has 1 heterocycles. The molecule has 0 aromatic heterocycles. The molecule has 2 aromatic rings. The summed E-state index contributed by atoms with van der Waals surface area (Å²) in [4.78, 5) is 27.1. The second-order valence-electron chi connectivity index (χ2n) is 6.31. The molecule has 1 fully saturated rings. The number of piperazine rings is 1. The first-order chi connectivity index (χ1) is 12.1. The lowest BCUT2D eigenvalue weighted by molar-refractivity contribution is -0.131. The average Bonchev–Trinajstić information content (AvgIpc) is 2.65. The zero-order valence-electron chi connectivity index (χ0n) is 14.4. The molecule has 0 aliphatic carbocycles. The number of carbonyl (C=O) groups is 2. The van der Waals surface area contributed by atoms with E-state index in [4.69, 9.17) is 10.5 Å². The number of rotatable bonds is 3. The number of hydrogen-bond acceptors (Lipinski definition) is 4. The smallest absolute Gasteiger partial charge is 0.410 e. The molecule has 0 saturated carbocycles. The lowest BCUT2D eigenvalue weighted by Crippen LogP contribution is -2.52. The van der Waals surface area contributed by atoms with Crippen LogP contribution in [0, 0.1) is 6.92 Å². The van der Waals surface area contributed by atoms with Crippen molar-refractivity contribution in [3.05, 3.63) is 47.5 Å². The van der Waals surface area contributed by atoms with Crippen LogP contribution in [0.4, 0.5) is 4.79 Å². The molecule has 25 heavy (non-hydrogen) atoms. The van der Waals surface area contributed by atoms with Crippen molar-refractivity contribution in [2.45, 2.75) is 13.5 Å². The van der Waals surface area contributed by atoms with Crippen LogP contribution in [0.2, 0.25) is 0 Å². The van der Waals surface area contributed by atoms with Gasteiger partial charge in [-0.15, -0.1) is 0 Å². The Kier molecular flexibility index (Phi) is 5.19. The van der Waals surface area contributed by atoms with E-state index in [1.807, 2.05) is 18.2 Å². The van der Waals surface area contributed by atoms with Gasteiger partial charge >= 0.3 is 6.09 Å². The van der Waals surface area contributed by atoms with Gasteiger partial charge in [-0.3, -0.25) is 4.79 Å². The summed E-state index contributed by atoms with van der Waals surface area (Å²) in [5.74, 6) is -0.0839. The molecule has 6 nitrogen and oxygen atoms in total. The third kappa shape index (κ3) is 4.09. The molecule has 0 spiro atoms. The Bertz CT molecular complexity index is 783. The Morgan fingerprint density at radius 1 is 1.00 bits per heavy atom. The summed E-state index contributed by atoms with van der Waals surface area (Å²) in [6.45, 7) is 4.26.